The van der Waals surface area contributed by atoms with Crippen molar-refractivity contribution < 1.29 is 4.74 Å². The van der Waals surface area contributed by atoms with E-state index in [1.165, 1.54) is 22.3 Å². The van der Waals surface area contributed by atoms with Crippen molar-refractivity contribution in [2.75, 3.05) is 0 Å². The van der Waals surface area contributed by atoms with Crippen molar-refractivity contribution in [1.29, 1.82) is 5.26 Å². The van der Waals surface area contributed by atoms with Gasteiger partial charge in [-0.05, 0) is 87.0 Å². The number of hydrogen-bond donors (Lipinski definition) is 0. The maximum atomic E-state index is 9.48. The number of ether oxygens (including phenoxy) is 1. The second-order valence-corrected chi connectivity index (χ2v) is 14.8. The van der Waals surface area contributed by atoms with Gasteiger partial charge in [0.1, 0.15) is 11.5 Å². The molecule has 4 nitrogen and oxygen atoms in total. The van der Waals surface area contributed by atoms with Crippen molar-refractivity contribution >= 4 is 0 Å². The van der Waals surface area contributed by atoms with Gasteiger partial charge in [-0.25, -0.2) is 9.97 Å². The molecule has 11 rings (SSSR count). The molecule has 1 atom stereocenters. The molecule has 8 aromatic carbocycles. The zero-order valence-electron chi connectivity index (χ0n) is 31.3. The van der Waals surface area contributed by atoms with Crippen LogP contribution in [0.1, 0.15) is 27.8 Å². The number of nitrogens with zero attached hydrogens (tertiary/aromatic N) is 3. The van der Waals surface area contributed by atoms with Crippen LogP contribution in [0.3, 0.4) is 0 Å². The number of aromatic nitrogens is 2. The van der Waals surface area contributed by atoms with E-state index in [0.717, 1.165) is 73.0 Å². The number of nitriles is 1. The van der Waals surface area contributed by atoms with E-state index in [1.807, 2.05) is 66.7 Å². The fourth-order valence-corrected chi connectivity index (χ4v) is 8.90. The van der Waals surface area contributed by atoms with Crippen molar-refractivity contribution in [1.82, 2.24) is 9.97 Å². The molecule has 0 N–H and O–H groups in total. The zero-order chi connectivity index (χ0) is 38.6. The van der Waals surface area contributed by atoms with Crippen LogP contribution in [0, 0.1) is 11.3 Å². The molecule has 1 spiro atoms. The van der Waals surface area contributed by atoms with E-state index < -0.39 is 5.41 Å². The minimum Gasteiger partial charge on any atom is -0.457 e. The smallest absolute Gasteiger partial charge is 0.160 e. The quantitative estimate of drug-likeness (QED) is 0.176. The monoisotopic (exact) mass is 739 g/mol. The first-order valence-corrected chi connectivity index (χ1v) is 19.4. The summed E-state index contributed by atoms with van der Waals surface area (Å²) in [6, 6.07) is 72.0. The molecule has 9 aromatic rings. The summed E-state index contributed by atoms with van der Waals surface area (Å²) >= 11 is 0. The Morgan fingerprint density at radius 2 is 0.879 bits per heavy atom. The van der Waals surface area contributed by atoms with Crippen LogP contribution in [-0.2, 0) is 5.41 Å². The highest BCUT2D eigenvalue weighted by Gasteiger charge is 2.51. The predicted molar refractivity (Wildman–Crippen MR) is 231 cm³/mol. The fraction of sp³-hybridized carbons (Fsp3) is 0.0185. The Morgan fingerprint density at radius 1 is 0.379 bits per heavy atom. The Morgan fingerprint density at radius 3 is 1.59 bits per heavy atom. The minimum atomic E-state index is -0.628. The maximum Gasteiger partial charge on any atom is 0.160 e. The lowest BCUT2D eigenvalue weighted by molar-refractivity contribution is 0.436. The van der Waals surface area contributed by atoms with Gasteiger partial charge < -0.3 is 4.74 Å². The summed E-state index contributed by atoms with van der Waals surface area (Å²) in [5.41, 5.74) is 16.3. The molecule has 0 bridgehead atoms. The molecule has 1 aromatic heterocycles. The standard InChI is InChI=1S/C54H33N3O/c55-34-35-19-21-36(22-20-35)41-27-29-44-43-15-7-8-16-45(43)54(47(44)31-41)46-17-9-10-18-51(46)58-52-30-28-42(32-48(52)54)37-23-25-39(26-24-37)50-33-49(38-11-3-1-4-12-38)56-53(57-50)40-13-5-2-6-14-40/h1-33H. The van der Waals surface area contributed by atoms with Crippen LogP contribution in [-0.4, -0.2) is 9.97 Å². The van der Waals surface area contributed by atoms with Crippen LogP contribution in [0.25, 0.3) is 67.3 Å². The van der Waals surface area contributed by atoms with Crippen LogP contribution in [0.5, 0.6) is 11.5 Å². The molecule has 0 saturated heterocycles. The van der Waals surface area contributed by atoms with Crippen LogP contribution in [0.15, 0.2) is 200 Å². The predicted octanol–water partition coefficient (Wildman–Crippen LogP) is 13.2. The van der Waals surface area contributed by atoms with E-state index in [9.17, 15) is 5.26 Å². The van der Waals surface area contributed by atoms with Gasteiger partial charge in [-0.2, -0.15) is 5.26 Å². The number of rotatable bonds is 5. The third-order valence-electron chi connectivity index (χ3n) is 11.6. The molecule has 1 unspecified atom stereocenters. The van der Waals surface area contributed by atoms with Crippen LogP contribution < -0.4 is 4.74 Å². The number of hydrogen-bond acceptors (Lipinski definition) is 4. The Kier molecular flexibility index (Phi) is 7.74. The third kappa shape index (κ3) is 5.29. The molecule has 1 aliphatic carbocycles. The molecule has 2 aliphatic rings. The Labute approximate surface area is 337 Å². The lowest BCUT2D eigenvalue weighted by Crippen LogP contribution is -2.32. The van der Waals surface area contributed by atoms with Gasteiger partial charge in [0.05, 0.1) is 28.4 Å². The topological polar surface area (TPSA) is 58.8 Å². The largest absolute Gasteiger partial charge is 0.457 e. The second-order valence-electron chi connectivity index (χ2n) is 14.8. The lowest BCUT2D eigenvalue weighted by Gasteiger charge is -2.39. The molecule has 58 heavy (non-hydrogen) atoms. The molecule has 0 amide bonds. The summed E-state index contributed by atoms with van der Waals surface area (Å²) in [6.07, 6.45) is 0. The summed E-state index contributed by atoms with van der Waals surface area (Å²) in [7, 11) is 0. The van der Waals surface area contributed by atoms with Crippen molar-refractivity contribution in [3.8, 4) is 84.9 Å². The molecule has 4 heteroatoms. The third-order valence-corrected chi connectivity index (χ3v) is 11.6. The molecular formula is C54H33N3O. The van der Waals surface area contributed by atoms with Gasteiger partial charge >= 0.3 is 0 Å². The van der Waals surface area contributed by atoms with Crippen LogP contribution >= 0.6 is 0 Å². The van der Waals surface area contributed by atoms with E-state index in [4.69, 9.17) is 14.7 Å². The molecular weight excluding hydrogens is 707 g/mol. The van der Waals surface area contributed by atoms with Gasteiger partial charge in [0, 0.05) is 27.8 Å². The average Bonchev–Trinajstić information content (AvgIpc) is 3.59. The van der Waals surface area contributed by atoms with Crippen molar-refractivity contribution in [2.24, 2.45) is 0 Å². The lowest BCUT2D eigenvalue weighted by atomic mass is 9.65. The summed E-state index contributed by atoms with van der Waals surface area (Å²) in [4.78, 5) is 10.1. The van der Waals surface area contributed by atoms with Gasteiger partial charge in [-0.1, -0.05) is 158 Å². The van der Waals surface area contributed by atoms with E-state index in [-0.39, 0.29) is 0 Å². The zero-order valence-corrected chi connectivity index (χ0v) is 31.3. The highest BCUT2D eigenvalue weighted by Crippen LogP contribution is 2.62. The number of benzene rings is 8. The van der Waals surface area contributed by atoms with Crippen molar-refractivity contribution in [3.05, 3.63) is 228 Å². The van der Waals surface area contributed by atoms with Gasteiger partial charge in [-0.15, -0.1) is 0 Å². The first-order chi connectivity index (χ1) is 28.7. The summed E-state index contributed by atoms with van der Waals surface area (Å²) in [5.74, 6) is 2.39. The van der Waals surface area contributed by atoms with Gasteiger partial charge in [-0.3, -0.25) is 0 Å². The minimum absolute atomic E-state index is 0.628. The Bertz CT molecular complexity index is 3020. The normalized spacial score (nSPS) is 14.4. The van der Waals surface area contributed by atoms with Crippen LogP contribution in [0.4, 0.5) is 0 Å². The molecule has 0 fully saturated rings. The highest BCUT2D eigenvalue weighted by molar-refractivity contribution is 5.91. The van der Waals surface area contributed by atoms with Crippen molar-refractivity contribution in [2.45, 2.75) is 5.41 Å². The highest BCUT2D eigenvalue weighted by atomic mass is 16.5. The van der Waals surface area contributed by atoms with Crippen LogP contribution in [0.2, 0.25) is 0 Å². The fourth-order valence-electron chi connectivity index (χ4n) is 8.90. The summed E-state index contributed by atoms with van der Waals surface area (Å²) < 4.78 is 6.75. The Balaban J connectivity index is 1.06. The number of para-hydroxylation sites is 1. The SMILES string of the molecule is N#Cc1ccc(-c2ccc3c(c2)C2(c4ccccc4Oc4ccc(-c5ccc(-c6cc(-c7ccccc7)nc(-c7ccccc7)n6)cc5)cc42)c2ccccc2-3)cc1. The first-order valence-electron chi connectivity index (χ1n) is 19.4. The summed E-state index contributed by atoms with van der Waals surface area (Å²) in [5, 5.41) is 9.48. The molecule has 2 heterocycles. The first kappa shape index (κ1) is 33.5. The van der Waals surface area contributed by atoms with Gasteiger partial charge in [0.15, 0.2) is 5.82 Å². The van der Waals surface area contributed by atoms with E-state index >= 15 is 0 Å². The van der Waals surface area contributed by atoms with Gasteiger partial charge in [0.2, 0.25) is 0 Å². The summed E-state index contributed by atoms with van der Waals surface area (Å²) in [6.45, 7) is 0. The molecule has 0 radical (unpaired) electrons. The number of fused-ring (bicyclic) bond motifs is 9. The molecule has 270 valence electrons. The molecule has 1 aliphatic heterocycles. The average molecular weight is 740 g/mol. The second kappa shape index (κ2) is 13.4. The van der Waals surface area contributed by atoms with E-state index in [2.05, 4.69) is 140 Å². The van der Waals surface area contributed by atoms with E-state index in [1.54, 1.807) is 0 Å². The van der Waals surface area contributed by atoms with Gasteiger partial charge in [0.25, 0.3) is 0 Å². The maximum absolute atomic E-state index is 9.48. The Hall–Kier alpha value is -7.87. The van der Waals surface area contributed by atoms with Crippen molar-refractivity contribution in [3.63, 3.8) is 0 Å². The van der Waals surface area contributed by atoms with E-state index in [0.29, 0.717) is 11.4 Å². The molecule has 0 saturated carbocycles.